The molecule has 0 aliphatic heterocycles. The summed E-state index contributed by atoms with van der Waals surface area (Å²) in [5.74, 6) is 1.64. The molecule has 159 valence electrons. The third-order valence-corrected chi connectivity index (χ3v) is 5.91. The molecule has 0 amide bonds. The van der Waals surface area contributed by atoms with Gasteiger partial charge < -0.3 is 14.4 Å². The monoisotopic (exact) mass is 545 g/mol. The van der Waals surface area contributed by atoms with Gasteiger partial charge in [-0.25, -0.2) is 0 Å². The van der Waals surface area contributed by atoms with Crippen LogP contribution in [0, 0.1) is 0 Å². The summed E-state index contributed by atoms with van der Waals surface area (Å²) in [6.07, 6.45) is 2.74. The summed E-state index contributed by atoms with van der Waals surface area (Å²) in [5.41, 5.74) is 0. The molecule has 0 aromatic heterocycles. The Hall–Kier alpha value is -1.18. The summed E-state index contributed by atoms with van der Waals surface area (Å²) in [5, 5.41) is 0. The first-order valence-electron chi connectivity index (χ1n) is 9.14. The fraction of sp³-hybridized carbons (Fsp3) is 0.125. The summed E-state index contributed by atoms with van der Waals surface area (Å²) in [4.78, 5) is 33.3. The molecule has 3 rings (SSSR count). The Bertz CT molecular complexity index is 706. The second-order valence-electron chi connectivity index (χ2n) is 5.37. The minimum Gasteiger partial charge on any atom is -0.302 e. The average molecular weight is 546 g/mol. The molecule has 1 radical (unpaired) electrons. The summed E-state index contributed by atoms with van der Waals surface area (Å²) in [6, 6.07) is 29.6. The van der Waals surface area contributed by atoms with Crippen molar-refractivity contribution in [3.05, 3.63) is 91.0 Å². The third kappa shape index (κ3) is 17.1. The predicted octanol–water partition coefficient (Wildman–Crippen LogP) is 5.93. The van der Waals surface area contributed by atoms with Crippen molar-refractivity contribution in [1.82, 2.24) is 0 Å². The summed E-state index contributed by atoms with van der Waals surface area (Å²) in [6.45, 7) is 0. The van der Waals surface area contributed by atoms with Gasteiger partial charge in [0.2, 0.25) is 0 Å². The Balaban J connectivity index is 0.000000429. The van der Waals surface area contributed by atoms with Crippen LogP contribution in [0.1, 0.15) is 0 Å². The van der Waals surface area contributed by atoms with E-state index in [9.17, 15) is 14.4 Å². The number of thioether (sulfide) groups is 3. The van der Waals surface area contributed by atoms with Crippen LogP contribution in [0.5, 0.6) is 0 Å². The molecule has 7 heteroatoms. The van der Waals surface area contributed by atoms with E-state index in [2.05, 4.69) is 0 Å². The Labute approximate surface area is 222 Å². The average Bonchev–Trinajstić information content (AvgIpc) is 2.83. The minimum atomic E-state index is 0. The molecular formula is C24H24O3S3Y. The van der Waals surface area contributed by atoms with Gasteiger partial charge in [-0.1, -0.05) is 54.6 Å². The van der Waals surface area contributed by atoms with Crippen LogP contribution in [-0.4, -0.2) is 36.1 Å². The van der Waals surface area contributed by atoms with Gasteiger partial charge in [0.05, 0.1) is 17.3 Å². The molecule has 0 fully saturated rings. The molecular weight excluding hydrogens is 521 g/mol. The SMILES string of the molecule is O=CCSc1ccccc1.O=CCSc1ccccc1.O=CCSc1ccccc1.[Y]. The van der Waals surface area contributed by atoms with Crippen LogP contribution in [0.2, 0.25) is 0 Å². The number of hydrogen-bond donors (Lipinski definition) is 0. The van der Waals surface area contributed by atoms with Crippen molar-refractivity contribution in [3.63, 3.8) is 0 Å². The van der Waals surface area contributed by atoms with E-state index in [-0.39, 0.29) is 32.7 Å². The molecule has 31 heavy (non-hydrogen) atoms. The van der Waals surface area contributed by atoms with Crippen molar-refractivity contribution in [2.75, 3.05) is 17.3 Å². The number of hydrogen-bond acceptors (Lipinski definition) is 6. The number of rotatable bonds is 9. The van der Waals surface area contributed by atoms with E-state index in [1.807, 2.05) is 91.0 Å². The standard InChI is InChI=1S/3C8H8OS.Y/c3*9-6-7-10-8-4-2-1-3-5-8;/h3*1-6H,7H2;. The molecule has 0 bridgehead atoms. The van der Waals surface area contributed by atoms with Gasteiger partial charge in [-0.3, -0.25) is 0 Å². The van der Waals surface area contributed by atoms with Gasteiger partial charge in [0.25, 0.3) is 0 Å². The Morgan fingerprint density at radius 3 is 0.871 bits per heavy atom. The summed E-state index contributed by atoms with van der Waals surface area (Å²) < 4.78 is 0. The van der Waals surface area contributed by atoms with Gasteiger partial charge in [0.15, 0.2) is 0 Å². The van der Waals surface area contributed by atoms with Crippen LogP contribution in [-0.2, 0) is 47.1 Å². The molecule has 0 N–H and O–H groups in total. The number of benzene rings is 3. The number of carbonyl (C=O) groups excluding carboxylic acids is 3. The van der Waals surface area contributed by atoms with Crippen molar-refractivity contribution in [2.45, 2.75) is 14.7 Å². The van der Waals surface area contributed by atoms with E-state index in [1.165, 1.54) is 0 Å². The van der Waals surface area contributed by atoms with E-state index < -0.39 is 0 Å². The topological polar surface area (TPSA) is 51.2 Å². The number of aldehydes is 3. The van der Waals surface area contributed by atoms with Crippen molar-refractivity contribution in [2.24, 2.45) is 0 Å². The van der Waals surface area contributed by atoms with E-state index >= 15 is 0 Å². The van der Waals surface area contributed by atoms with Crippen LogP contribution in [0.25, 0.3) is 0 Å². The normalized spacial score (nSPS) is 8.90. The van der Waals surface area contributed by atoms with Crippen LogP contribution in [0.15, 0.2) is 106 Å². The summed E-state index contributed by atoms with van der Waals surface area (Å²) in [7, 11) is 0. The van der Waals surface area contributed by atoms with Crippen LogP contribution in [0.3, 0.4) is 0 Å². The molecule has 0 aliphatic rings. The van der Waals surface area contributed by atoms with Gasteiger partial charge in [-0.15, -0.1) is 35.3 Å². The smallest absolute Gasteiger partial charge is 0.130 e. The van der Waals surface area contributed by atoms with E-state index in [1.54, 1.807) is 35.3 Å². The van der Waals surface area contributed by atoms with E-state index in [4.69, 9.17) is 0 Å². The van der Waals surface area contributed by atoms with Crippen molar-refractivity contribution >= 4 is 54.1 Å². The largest absolute Gasteiger partial charge is 0.302 e. The van der Waals surface area contributed by atoms with Crippen molar-refractivity contribution < 1.29 is 47.1 Å². The van der Waals surface area contributed by atoms with E-state index in [0.29, 0.717) is 17.3 Å². The molecule has 0 atom stereocenters. The van der Waals surface area contributed by atoms with Crippen LogP contribution in [0.4, 0.5) is 0 Å². The van der Waals surface area contributed by atoms with Crippen LogP contribution >= 0.6 is 35.3 Å². The van der Waals surface area contributed by atoms with E-state index in [0.717, 1.165) is 33.5 Å². The maximum Gasteiger partial charge on any atom is 0.130 e. The van der Waals surface area contributed by atoms with Gasteiger partial charge in [-0.2, -0.15) is 0 Å². The minimum absolute atomic E-state index is 0. The Morgan fingerprint density at radius 2 is 0.677 bits per heavy atom. The molecule has 0 aliphatic carbocycles. The second kappa shape index (κ2) is 22.0. The van der Waals surface area contributed by atoms with Gasteiger partial charge in [0, 0.05) is 47.4 Å². The summed E-state index contributed by atoms with van der Waals surface area (Å²) >= 11 is 4.66. The van der Waals surface area contributed by atoms with Crippen LogP contribution < -0.4 is 0 Å². The first-order valence-corrected chi connectivity index (χ1v) is 12.1. The maximum absolute atomic E-state index is 9.96. The third-order valence-electron chi connectivity index (χ3n) is 3.18. The molecule has 3 aromatic carbocycles. The molecule has 0 spiro atoms. The van der Waals surface area contributed by atoms with Gasteiger partial charge in [-0.05, 0) is 36.4 Å². The molecule has 3 aromatic rings. The molecule has 0 heterocycles. The zero-order chi connectivity index (χ0) is 21.7. The molecule has 0 saturated heterocycles. The molecule has 0 unspecified atom stereocenters. The Kier molecular flexibility index (Phi) is 21.2. The van der Waals surface area contributed by atoms with Crippen molar-refractivity contribution in [3.8, 4) is 0 Å². The zero-order valence-electron chi connectivity index (χ0n) is 17.0. The predicted molar refractivity (Wildman–Crippen MR) is 130 cm³/mol. The first-order chi connectivity index (χ1) is 14.8. The fourth-order valence-corrected chi connectivity index (χ4v) is 3.77. The molecule has 0 saturated carbocycles. The quantitative estimate of drug-likeness (QED) is 0.246. The fourth-order valence-electron chi connectivity index (χ4n) is 1.94. The maximum atomic E-state index is 9.96. The molecule has 3 nitrogen and oxygen atoms in total. The van der Waals surface area contributed by atoms with Gasteiger partial charge in [0.1, 0.15) is 18.9 Å². The van der Waals surface area contributed by atoms with Gasteiger partial charge >= 0.3 is 0 Å². The first kappa shape index (κ1) is 29.8. The van der Waals surface area contributed by atoms with Crippen molar-refractivity contribution in [1.29, 1.82) is 0 Å². The number of carbonyl (C=O) groups is 3. The zero-order valence-corrected chi connectivity index (χ0v) is 22.3. The Morgan fingerprint density at radius 1 is 0.452 bits per heavy atom. The second-order valence-corrected chi connectivity index (χ2v) is 8.65.